The summed E-state index contributed by atoms with van der Waals surface area (Å²) in [6, 6.07) is 13.0. The Balaban J connectivity index is 2.02. The topological polar surface area (TPSA) is 58.8 Å². The Morgan fingerprint density at radius 1 is 1.07 bits per heavy atom. The molecular weight excluding hydrogens is 358 g/mol. The molecule has 0 saturated carbocycles. The van der Waals surface area contributed by atoms with Crippen LogP contribution in [0.1, 0.15) is 36.7 Å². The van der Waals surface area contributed by atoms with Gasteiger partial charge in [0.1, 0.15) is 0 Å². The van der Waals surface area contributed by atoms with E-state index in [2.05, 4.69) is 20.8 Å². The fourth-order valence-electron chi connectivity index (χ4n) is 3.33. The molecule has 4 aromatic rings. The van der Waals surface area contributed by atoms with E-state index in [1.165, 1.54) is 21.8 Å². The molecule has 1 aromatic carbocycles. The van der Waals surface area contributed by atoms with Crippen molar-refractivity contribution in [3.63, 3.8) is 0 Å². The summed E-state index contributed by atoms with van der Waals surface area (Å²) in [5, 5.41) is 12.6. The number of benzene rings is 1. The molecule has 3 aromatic heterocycles. The zero-order valence-corrected chi connectivity index (χ0v) is 16.1. The molecule has 1 N–H and O–H groups in total. The number of hydrogen-bond acceptors (Lipinski definition) is 3. The van der Waals surface area contributed by atoms with Crippen molar-refractivity contribution in [2.45, 2.75) is 26.2 Å². The number of pyridine rings is 2. The second-order valence-corrected chi connectivity index (χ2v) is 8.56. The van der Waals surface area contributed by atoms with Crippen LogP contribution in [-0.2, 0) is 5.41 Å². The lowest BCUT2D eigenvalue weighted by Crippen LogP contribution is -2.19. The number of hydrogen-bond donors (Lipinski definition) is 1. The van der Waals surface area contributed by atoms with Crippen LogP contribution < -0.4 is 5.56 Å². The van der Waals surface area contributed by atoms with Crippen molar-refractivity contribution >= 4 is 32.9 Å². The molecule has 0 bridgehead atoms. The molecule has 0 radical (unpaired) electrons. The first kappa shape index (κ1) is 17.5. The van der Waals surface area contributed by atoms with E-state index in [1.54, 1.807) is 6.20 Å². The van der Waals surface area contributed by atoms with E-state index in [1.807, 2.05) is 41.8 Å². The average molecular weight is 377 g/mol. The Morgan fingerprint density at radius 3 is 2.41 bits per heavy atom. The van der Waals surface area contributed by atoms with E-state index < -0.39 is 5.97 Å². The lowest BCUT2D eigenvalue weighted by molar-refractivity contribution is 0.0698. The van der Waals surface area contributed by atoms with Crippen molar-refractivity contribution in [2.75, 3.05) is 0 Å². The Bertz CT molecular complexity index is 1240. The van der Waals surface area contributed by atoms with Crippen LogP contribution >= 0.6 is 11.3 Å². The van der Waals surface area contributed by atoms with Crippen molar-refractivity contribution in [3.8, 4) is 11.1 Å². The molecule has 136 valence electrons. The summed E-state index contributed by atoms with van der Waals surface area (Å²) in [5.41, 5.74) is 2.65. The van der Waals surface area contributed by atoms with Gasteiger partial charge < -0.3 is 5.11 Å². The van der Waals surface area contributed by atoms with Gasteiger partial charge in [-0.05, 0) is 45.5 Å². The van der Waals surface area contributed by atoms with Gasteiger partial charge in [0.2, 0.25) is 0 Å². The van der Waals surface area contributed by atoms with Gasteiger partial charge in [0, 0.05) is 11.8 Å². The molecule has 0 unspecified atom stereocenters. The highest BCUT2D eigenvalue weighted by molar-refractivity contribution is 7.18. The number of carbonyl (C=O) groups is 1. The molecule has 0 spiro atoms. The van der Waals surface area contributed by atoms with Gasteiger partial charge in [-0.3, -0.25) is 9.20 Å². The SMILES string of the molecule is CC(C)(C)c1ccc(-c2cc(C(=O)O)c3c4sccc4ccn3c2=O)cc1. The average Bonchev–Trinajstić information content (AvgIpc) is 3.10. The van der Waals surface area contributed by atoms with Gasteiger partial charge in [-0.2, -0.15) is 0 Å². The van der Waals surface area contributed by atoms with Gasteiger partial charge >= 0.3 is 5.97 Å². The Labute approximate surface area is 160 Å². The lowest BCUT2D eigenvalue weighted by atomic mass is 9.86. The molecule has 0 amide bonds. The highest BCUT2D eigenvalue weighted by Gasteiger charge is 2.19. The predicted molar refractivity (Wildman–Crippen MR) is 110 cm³/mol. The Kier molecular flexibility index (Phi) is 3.93. The Morgan fingerprint density at radius 2 is 1.78 bits per heavy atom. The summed E-state index contributed by atoms with van der Waals surface area (Å²) in [6.45, 7) is 6.38. The van der Waals surface area contributed by atoms with Gasteiger partial charge in [-0.15, -0.1) is 11.3 Å². The summed E-state index contributed by atoms with van der Waals surface area (Å²) in [4.78, 5) is 25.1. The standard InChI is InChI=1S/C22H19NO3S/c1-22(2,3)15-6-4-13(5-7-15)16-12-17(21(25)26)18-19-14(9-11-27-19)8-10-23(18)20(16)24/h4-12H,1-3H3,(H,25,26). The normalized spacial score (nSPS) is 12.0. The van der Waals surface area contributed by atoms with E-state index in [-0.39, 0.29) is 16.5 Å². The molecule has 0 atom stereocenters. The first-order valence-electron chi connectivity index (χ1n) is 8.67. The highest BCUT2D eigenvalue weighted by Crippen LogP contribution is 2.30. The maximum absolute atomic E-state index is 13.1. The van der Waals surface area contributed by atoms with Crippen molar-refractivity contribution < 1.29 is 9.90 Å². The number of thiophene rings is 1. The number of aromatic carboxylic acids is 1. The van der Waals surface area contributed by atoms with E-state index in [9.17, 15) is 14.7 Å². The summed E-state index contributed by atoms with van der Waals surface area (Å²) < 4.78 is 2.26. The third kappa shape index (κ3) is 2.84. The second-order valence-electron chi connectivity index (χ2n) is 7.65. The van der Waals surface area contributed by atoms with Crippen LogP contribution in [0.2, 0.25) is 0 Å². The summed E-state index contributed by atoms with van der Waals surface area (Å²) in [5.74, 6) is -1.04. The quantitative estimate of drug-likeness (QED) is 0.524. The van der Waals surface area contributed by atoms with Crippen molar-refractivity contribution in [1.82, 2.24) is 4.40 Å². The molecule has 0 saturated heterocycles. The molecule has 27 heavy (non-hydrogen) atoms. The third-order valence-corrected chi connectivity index (χ3v) is 5.78. The first-order valence-corrected chi connectivity index (χ1v) is 9.55. The second kappa shape index (κ2) is 6.06. The van der Waals surface area contributed by atoms with E-state index in [4.69, 9.17) is 0 Å². The minimum atomic E-state index is -1.04. The number of aromatic nitrogens is 1. The van der Waals surface area contributed by atoms with Crippen LogP contribution in [0, 0.1) is 0 Å². The van der Waals surface area contributed by atoms with Crippen LogP contribution in [0.3, 0.4) is 0 Å². The molecule has 0 aliphatic carbocycles. The van der Waals surface area contributed by atoms with E-state index >= 15 is 0 Å². The van der Waals surface area contributed by atoms with Gasteiger partial charge in [0.05, 0.1) is 15.8 Å². The molecule has 0 aliphatic rings. The van der Waals surface area contributed by atoms with Crippen LogP contribution in [0.5, 0.6) is 0 Å². The number of rotatable bonds is 2. The van der Waals surface area contributed by atoms with Gasteiger partial charge in [0.15, 0.2) is 0 Å². The fraction of sp³-hybridized carbons (Fsp3) is 0.182. The molecule has 4 rings (SSSR count). The molecule has 5 heteroatoms. The molecule has 4 nitrogen and oxygen atoms in total. The zero-order chi connectivity index (χ0) is 19.3. The van der Waals surface area contributed by atoms with E-state index in [0.29, 0.717) is 11.1 Å². The number of fused-ring (bicyclic) bond motifs is 3. The summed E-state index contributed by atoms with van der Waals surface area (Å²) in [6.07, 6.45) is 1.66. The van der Waals surface area contributed by atoms with Crippen molar-refractivity contribution in [2.24, 2.45) is 0 Å². The summed E-state index contributed by atoms with van der Waals surface area (Å²) >= 11 is 1.44. The monoisotopic (exact) mass is 377 g/mol. The van der Waals surface area contributed by atoms with E-state index in [0.717, 1.165) is 21.2 Å². The van der Waals surface area contributed by atoms with Gasteiger partial charge in [0.25, 0.3) is 5.56 Å². The van der Waals surface area contributed by atoms with Crippen LogP contribution in [-0.4, -0.2) is 15.5 Å². The van der Waals surface area contributed by atoms with Crippen molar-refractivity contribution in [3.05, 3.63) is 75.5 Å². The van der Waals surface area contributed by atoms with Crippen molar-refractivity contribution in [1.29, 1.82) is 0 Å². The highest BCUT2D eigenvalue weighted by atomic mass is 32.1. The lowest BCUT2D eigenvalue weighted by Gasteiger charge is -2.19. The maximum Gasteiger partial charge on any atom is 0.337 e. The number of nitrogens with zero attached hydrogens (tertiary/aromatic N) is 1. The van der Waals surface area contributed by atoms with Crippen LogP contribution in [0.4, 0.5) is 0 Å². The largest absolute Gasteiger partial charge is 0.478 e. The van der Waals surface area contributed by atoms with Gasteiger partial charge in [-0.25, -0.2) is 4.79 Å². The fourth-order valence-corrected chi connectivity index (χ4v) is 4.27. The number of carboxylic acids is 1. The molecule has 0 aliphatic heterocycles. The minimum Gasteiger partial charge on any atom is -0.478 e. The molecule has 3 heterocycles. The predicted octanol–water partition coefficient (Wildman–Crippen LogP) is 5.18. The number of carboxylic acid groups (broad SMARTS) is 1. The van der Waals surface area contributed by atoms with Crippen LogP contribution in [0.15, 0.2) is 58.8 Å². The first-order chi connectivity index (χ1) is 12.8. The zero-order valence-electron chi connectivity index (χ0n) is 15.3. The maximum atomic E-state index is 13.1. The smallest absolute Gasteiger partial charge is 0.337 e. The molecule has 0 fully saturated rings. The Hall–Kier alpha value is -2.92. The minimum absolute atomic E-state index is 0.00790. The van der Waals surface area contributed by atoms with Crippen LogP contribution in [0.25, 0.3) is 26.7 Å². The third-order valence-electron chi connectivity index (χ3n) is 4.84. The van der Waals surface area contributed by atoms with Gasteiger partial charge in [-0.1, -0.05) is 45.0 Å². The summed E-state index contributed by atoms with van der Waals surface area (Å²) in [7, 11) is 0. The molecular formula is C22H19NO3S.